The summed E-state index contributed by atoms with van der Waals surface area (Å²) < 4.78 is 1.89. The molecule has 0 saturated heterocycles. The molecule has 5 nitrogen and oxygen atoms in total. The van der Waals surface area contributed by atoms with Gasteiger partial charge in [-0.3, -0.25) is 0 Å². The molecule has 1 heterocycles. The Morgan fingerprint density at radius 2 is 2.46 bits per heavy atom. The summed E-state index contributed by atoms with van der Waals surface area (Å²) in [5, 5.41) is 19.1. The van der Waals surface area contributed by atoms with Crippen molar-refractivity contribution < 1.29 is 0 Å². The van der Waals surface area contributed by atoms with Gasteiger partial charge in [-0.05, 0) is 0 Å². The van der Waals surface area contributed by atoms with Crippen molar-refractivity contribution in [3.63, 3.8) is 0 Å². The minimum Gasteiger partial charge on any atom is -0.321 e. The maximum Gasteiger partial charge on any atom is 0.133 e. The van der Waals surface area contributed by atoms with E-state index >= 15 is 0 Å². The first kappa shape index (κ1) is 9.68. The zero-order chi connectivity index (χ0) is 9.52. The van der Waals surface area contributed by atoms with Crippen molar-refractivity contribution in [3.8, 4) is 6.07 Å². The lowest BCUT2D eigenvalue weighted by atomic mass is 10.4. The topological polar surface area (TPSA) is 66.5 Å². The van der Waals surface area contributed by atoms with Crippen LogP contribution < -0.4 is 5.32 Å². The molecule has 0 aliphatic rings. The lowest BCUT2D eigenvalue weighted by Crippen LogP contribution is -2.19. The number of nitrogens with one attached hydrogen (secondary N) is 1. The molecule has 0 fully saturated rings. The molecular weight excluding hydrogens is 166 g/mol. The quantitative estimate of drug-likeness (QED) is 0.639. The largest absolute Gasteiger partial charge is 0.321 e. The molecule has 0 radical (unpaired) electrons. The first-order chi connectivity index (χ1) is 6.34. The van der Waals surface area contributed by atoms with Crippen molar-refractivity contribution in [2.75, 3.05) is 13.1 Å². The molecule has 1 rings (SSSR count). The number of aryl methyl sites for hydroxylation is 1. The fourth-order valence-corrected chi connectivity index (χ4v) is 1.00. The lowest BCUT2D eigenvalue weighted by Gasteiger charge is -2.00. The van der Waals surface area contributed by atoms with E-state index in [9.17, 15) is 0 Å². The fraction of sp³-hybridized carbons (Fsp3) is 0.625. The second-order valence-electron chi connectivity index (χ2n) is 2.77. The molecule has 0 aliphatic carbocycles. The van der Waals surface area contributed by atoms with Gasteiger partial charge < -0.3 is 9.88 Å². The minimum absolute atomic E-state index is 0.554. The summed E-state index contributed by atoms with van der Waals surface area (Å²) in [6.45, 7) is 1.59. The highest BCUT2D eigenvalue weighted by atomic mass is 15.2. The maximum absolute atomic E-state index is 8.28. The van der Waals surface area contributed by atoms with Gasteiger partial charge in [-0.15, -0.1) is 10.2 Å². The summed E-state index contributed by atoms with van der Waals surface area (Å²) in [5.74, 6) is 0.962. The maximum atomic E-state index is 8.28. The summed E-state index contributed by atoms with van der Waals surface area (Å²) in [7, 11) is 1.92. The van der Waals surface area contributed by atoms with E-state index in [1.165, 1.54) is 0 Å². The van der Waals surface area contributed by atoms with E-state index in [2.05, 4.69) is 21.6 Å². The van der Waals surface area contributed by atoms with Crippen molar-refractivity contribution >= 4 is 0 Å². The van der Waals surface area contributed by atoms with E-state index < -0.39 is 0 Å². The normalized spacial score (nSPS) is 9.85. The van der Waals surface area contributed by atoms with Crippen molar-refractivity contribution in [1.82, 2.24) is 20.1 Å². The Bertz CT molecular complexity index is 285. The molecule has 0 saturated carbocycles. The van der Waals surface area contributed by atoms with Crippen LogP contribution in [0.4, 0.5) is 0 Å². The zero-order valence-corrected chi connectivity index (χ0v) is 7.69. The number of rotatable bonds is 5. The molecule has 5 heteroatoms. The molecule has 1 N–H and O–H groups in total. The summed E-state index contributed by atoms with van der Waals surface area (Å²) >= 11 is 0. The van der Waals surface area contributed by atoms with E-state index in [4.69, 9.17) is 5.26 Å². The molecule has 0 bridgehead atoms. The molecular formula is C8H13N5. The molecule has 0 aliphatic heterocycles. The van der Waals surface area contributed by atoms with Crippen LogP contribution in [0.3, 0.4) is 0 Å². The number of hydrogen-bond donors (Lipinski definition) is 1. The van der Waals surface area contributed by atoms with E-state index in [1.807, 2.05) is 11.6 Å². The van der Waals surface area contributed by atoms with Crippen LogP contribution >= 0.6 is 0 Å². The van der Waals surface area contributed by atoms with Gasteiger partial charge in [0.05, 0.1) is 6.07 Å². The molecule has 1 aromatic rings. The number of nitrogens with zero attached hydrogens (tertiary/aromatic N) is 4. The highest BCUT2D eigenvalue weighted by Crippen LogP contribution is 1.90. The summed E-state index contributed by atoms with van der Waals surface area (Å²) in [6, 6.07) is 2.08. The molecule has 0 aromatic carbocycles. The van der Waals surface area contributed by atoms with Crippen LogP contribution in [0.1, 0.15) is 12.2 Å². The molecule has 0 amide bonds. The first-order valence-electron chi connectivity index (χ1n) is 4.25. The van der Waals surface area contributed by atoms with Crippen LogP contribution in [-0.2, 0) is 13.5 Å². The third kappa shape index (κ3) is 3.22. The molecule has 0 unspecified atom stereocenters. The Labute approximate surface area is 77.4 Å². The van der Waals surface area contributed by atoms with Gasteiger partial charge in [0.15, 0.2) is 0 Å². The monoisotopic (exact) mass is 179 g/mol. The van der Waals surface area contributed by atoms with E-state index in [1.54, 1.807) is 6.33 Å². The van der Waals surface area contributed by atoms with Crippen LogP contribution in [-0.4, -0.2) is 27.9 Å². The summed E-state index contributed by atoms with van der Waals surface area (Å²) in [5.41, 5.74) is 0. The molecule has 70 valence electrons. The highest BCUT2D eigenvalue weighted by Gasteiger charge is 1.98. The fourth-order valence-electron chi connectivity index (χ4n) is 1.00. The lowest BCUT2D eigenvalue weighted by molar-refractivity contribution is 0.659. The average molecular weight is 179 g/mol. The number of aromatic nitrogens is 3. The molecule has 1 aromatic heterocycles. The standard InChI is InChI=1S/C8H13N5/c1-13-7-11-12-8(13)3-6-10-5-2-4-9/h7,10H,2-3,5-6H2,1H3. The van der Waals surface area contributed by atoms with Crippen molar-refractivity contribution in [1.29, 1.82) is 5.26 Å². The van der Waals surface area contributed by atoms with Crippen LogP contribution in [0.15, 0.2) is 6.33 Å². The van der Waals surface area contributed by atoms with Gasteiger partial charge in [0.1, 0.15) is 12.2 Å². The first-order valence-corrected chi connectivity index (χ1v) is 4.25. The van der Waals surface area contributed by atoms with Gasteiger partial charge in [0, 0.05) is 33.0 Å². The number of nitriles is 1. The van der Waals surface area contributed by atoms with Crippen molar-refractivity contribution in [3.05, 3.63) is 12.2 Å². The molecule has 13 heavy (non-hydrogen) atoms. The van der Waals surface area contributed by atoms with Gasteiger partial charge in [-0.2, -0.15) is 5.26 Å². The van der Waals surface area contributed by atoms with Crippen LogP contribution in [0, 0.1) is 11.3 Å². The van der Waals surface area contributed by atoms with Gasteiger partial charge in [0.25, 0.3) is 0 Å². The summed E-state index contributed by atoms with van der Waals surface area (Å²) in [4.78, 5) is 0. The Balaban J connectivity index is 2.14. The van der Waals surface area contributed by atoms with E-state index in [-0.39, 0.29) is 0 Å². The van der Waals surface area contributed by atoms with Crippen molar-refractivity contribution in [2.24, 2.45) is 7.05 Å². The number of hydrogen-bond acceptors (Lipinski definition) is 4. The minimum atomic E-state index is 0.554. The third-order valence-corrected chi connectivity index (χ3v) is 1.74. The average Bonchev–Trinajstić information content (AvgIpc) is 2.52. The Hall–Kier alpha value is -1.41. The highest BCUT2D eigenvalue weighted by molar-refractivity contribution is 4.84. The zero-order valence-electron chi connectivity index (χ0n) is 7.69. The second-order valence-corrected chi connectivity index (χ2v) is 2.77. The smallest absolute Gasteiger partial charge is 0.133 e. The third-order valence-electron chi connectivity index (χ3n) is 1.74. The van der Waals surface area contributed by atoms with Crippen LogP contribution in [0.25, 0.3) is 0 Å². The van der Waals surface area contributed by atoms with E-state index in [0.717, 1.165) is 25.3 Å². The Morgan fingerprint density at radius 3 is 3.08 bits per heavy atom. The SMILES string of the molecule is Cn1cnnc1CCNCCC#N. The second kappa shape index (κ2) is 5.27. The van der Waals surface area contributed by atoms with Crippen LogP contribution in [0.5, 0.6) is 0 Å². The van der Waals surface area contributed by atoms with Crippen LogP contribution in [0.2, 0.25) is 0 Å². The van der Waals surface area contributed by atoms with Crippen molar-refractivity contribution in [2.45, 2.75) is 12.8 Å². The molecule has 0 spiro atoms. The predicted octanol–water partition coefficient (Wildman–Crippen LogP) is -0.139. The van der Waals surface area contributed by atoms with Gasteiger partial charge >= 0.3 is 0 Å². The Morgan fingerprint density at radius 1 is 1.62 bits per heavy atom. The Kier molecular flexibility index (Phi) is 3.93. The van der Waals surface area contributed by atoms with E-state index in [0.29, 0.717) is 6.42 Å². The molecule has 0 atom stereocenters. The van der Waals surface area contributed by atoms with Gasteiger partial charge in [-0.1, -0.05) is 0 Å². The van der Waals surface area contributed by atoms with Gasteiger partial charge in [0.2, 0.25) is 0 Å². The predicted molar refractivity (Wildman–Crippen MR) is 47.8 cm³/mol. The summed E-state index contributed by atoms with van der Waals surface area (Å²) in [6.07, 6.45) is 3.09. The van der Waals surface area contributed by atoms with Gasteiger partial charge in [-0.25, -0.2) is 0 Å².